The lowest BCUT2D eigenvalue weighted by Gasteiger charge is -2.30. The van der Waals surface area contributed by atoms with Gasteiger partial charge in [-0.15, -0.1) is 36.2 Å². The van der Waals surface area contributed by atoms with Crippen LogP contribution in [-0.4, -0.2) is 23.5 Å². The first kappa shape index (κ1) is 24.7. The summed E-state index contributed by atoms with van der Waals surface area (Å²) >= 11 is 1.60. The van der Waals surface area contributed by atoms with Crippen molar-refractivity contribution in [3.8, 4) is 5.75 Å². The molecule has 0 saturated heterocycles. The Hall–Kier alpha value is -1.34. The summed E-state index contributed by atoms with van der Waals surface area (Å²) in [7, 11) is 0. The molecule has 1 aliphatic carbocycles. The fourth-order valence-corrected chi connectivity index (χ4v) is 4.11. The molecule has 3 rings (SSSR count). The first-order valence-corrected chi connectivity index (χ1v) is 10.2. The van der Waals surface area contributed by atoms with Gasteiger partial charge < -0.3 is 15.8 Å². The Morgan fingerprint density at radius 1 is 1.32 bits per heavy atom. The van der Waals surface area contributed by atoms with E-state index in [2.05, 4.69) is 10.3 Å². The fourth-order valence-electron chi connectivity index (χ4n) is 3.52. The van der Waals surface area contributed by atoms with E-state index in [9.17, 15) is 4.79 Å². The number of nitrogens with one attached hydrogen (secondary N) is 1. The van der Waals surface area contributed by atoms with Crippen molar-refractivity contribution in [2.45, 2.75) is 51.7 Å². The van der Waals surface area contributed by atoms with Gasteiger partial charge in [0.25, 0.3) is 5.91 Å². The van der Waals surface area contributed by atoms with Gasteiger partial charge in [0.1, 0.15) is 12.4 Å². The predicted octanol–water partition coefficient (Wildman–Crippen LogP) is 4.51. The van der Waals surface area contributed by atoms with E-state index in [1.807, 2.05) is 30.5 Å². The van der Waals surface area contributed by atoms with Crippen molar-refractivity contribution in [3.63, 3.8) is 0 Å². The third-order valence-corrected chi connectivity index (χ3v) is 5.76. The number of halogens is 2. The van der Waals surface area contributed by atoms with Crippen LogP contribution in [0.1, 0.15) is 53.2 Å². The van der Waals surface area contributed by atoms with Gasteiger partial charge in [-0.1, -0.05) is 25.3 Å². The van der Waals surface area contributed by atoms with Gasteiger partial charge in [0.15, 0.2) is 0 Å². The molecule has 1 unspecified atom stereocenters. The lowest BCUT2D eigenvalue weighted by molar-refractivity contribution is 0.0915. The number of carbonyl (C=O) groups excluding carboxylic acids is 1. The van der Waals surface area contributed by atoms with E-state index in [0.717, 1.165) is 23.5 Å². The minimum absolute atomic E-state index is 0. The molecular formula is C20H29Cl2N3O2S. The van der Waals surface area contributed by atoms with Crippen LogP contribution in [0.5, 0.6) is 5.75 Å². The first-order valence-electron chi connectivity index (χ1n) is 9.30. The maximum absolute atomic E-state index is 12.7. The zero-order valence-electron chi connectivity index (χ0n) is 16.1. The summed E-state index contributed by atoms with van der Waals surface area (Å²) in [5, 5.41) is 6.14. The Labute approximate surface area is 183 Å². The van der Waals surface area contributed by atoms with E-state index in [1.54, 1.807) is 17.4 Å². The third kappa shape index (κ3) is 6.92. The van der Waals surface area contributed by atoms with Gasteiger partial charge in [0.2, 0.25) is 0 Å². The predicted molar refractivity (Wildman–Crippen MR) is 119 cm³/mol. The molecule has 156 valence electrons. The molecule has 28 heavy (non-hydrogen) atoms. The molecule has 1 fully saturated rings. The molecule has 3 N–H and O–H groups in total. The largest absolute Gasteiger partial charge is 0.487 e. The number of carbonyl (C=O) groups is 1. The second-order valence-corrected chi connectivity index (χ2v) is 7.95. The first-order chi connectivity index (χ1) is 12.7. The molecule has 1 amide bonds. The number of hydrogen-bond acceptors (Lipinski definition) is 5. The molecule has 2 aromatic rings. The van der Waals surface area contributed by atoms with Crippen LogP contribution in [0.15, 0.2) is 29.6 Å². The van der Waals surface area contributed by atoms with Crippen molar-refractivity contribution in [2.75, 3.05) is 6.54 Å². The second kappa shape index (κ2) is 12.3. The van der Waals surface area contributed by atoms with E-state index < -0.39 is 0 Å². The van der Waals surface area contributed by atoms with Crippen LogP contribution < -0.4 is 15.8 Å². The van der Waals surface area contributed by atoms with Crippen molar-refractivity contribution in [1.29, 1.82) is 0 Å². The number of amides is 1. The van der Waals surface area contributed by atoms with Gasteiger partial charge in [-0.25, -0.2) is 4.98 Å². The minimum atomic E-state index is -0.0824. The van der Waals surface area contributed by atoms with E-state index in [0.29, 0.717) is 30.4 Å². The van der Waals surface area contributed by atoms with Crippen molar-refractivity contribution in [1.82, 2.24) is 10.3 Å². The number of nitrogens with two attached hydrogens (primary N) is 1. The van der Waals surface area contributed by atoms with Gasteiger partial charge in [-0.05, 0) is 43.9 Å². The Balaban J connectivity index is 0.00000196. The molecule has 0 radical (unpaired) electrons. The molecular weight excluding hydrogens is 417 g/mol. The molecule has 0 bridgehead atoms. The van der Waals surface area contributed by atoms with Crippen molar-refractivity contribution < 1.29 is 9.53 Å². The average molecular weight is 446 g/mol. The zero-order valence-corrected chi connectivity index (χ0v) is 18.5. The Morgan fingerprint density at radius 2 is 2.07 bits per heavy atom. The van der Waals surface area contributed by atoms with E-state index in [-0.39, 0.29) is 36.8 Å². The van der Waals surface area contributed by atoms with Crippen LogP contribution in [0.3, 0.4) is 0 Å². The molecule has 1 saturated carbocycles. The number of hydrogen-bond donors (Lipinski definition) is 2. The standard InChI is InChI=1S/C20H27N3O2S.2ClH/c1-14-22-17(13-26-14)12-25-18-9-5-8-16(10-18)20(24)23-19(11-21)15-6-3-2-4-7-15;;/h5,8-10,13,15,19H,2-4,6-7,11-12,21H2,1H3,(H,23,24);2*1H. The van der Waals surface area contributed by atoms with Gasteiger partial charge in [0.05, 0.1) is 10.7 Å². The number of thiazole rings is 1. The summed E-state index contributed by atoms with van der Waals surface area (Å²) in [6.45, 7) is 2.86. The van der Waals surface area contributed by atoms with Crippen LogP contribution in [0.4, 0.5) is 0 Å². The van der Waals surface area contributed by atoms with Gasteiger partial charge >= 0.3 is 0 Å². The highest BCUT2D eigenvalue weighted by atomic mass is 35.5. The second-order valence-electron chi connectivity index (χ2n) is 6.89. The molecule has 1 aliphatic rings. The van der Waals surface area contributed by atoms with Crippen molar-refractivity contribution in [2.24, 2.45) is 11.7 Å². The molecule has 1 aromatic carbocycles. The molecule has 0 spiro atoms. The van der Waals surface area contributed by atoms with Gasteiger partial charge in [-0.3, -0.25) is 4.79 Å². The fraction of sp³-hybridized carbons (Fsp3) is 0.500. The maximum atomic E-state index is 12.7. The zero-order chi connectivity index (χ0) is 18.4. The molecule has 5 nitrogen and oxygen atoms in total. The number of aryl methyl sites for hydroxylation is 1. The third-order valence-electron chi connectivity index (χ3n) is 4.94. The molecule has 1 atom stereocenters. The number of nitrogens with zero attached hydrogens (tertiary/aromatic N) is 1. The highest BCUT2D eigenvalue weighted by Gasteiger charge is 2.24. The lowest BCUT2D eigenvalue weighted by Crippen LogP contribution is -2.45. The number of benzene rings is 1. The smallest absolute Gasteiger partial charge is 0.251 e. The highest BCUT2D eigenvalue weighted by Crippen LogP contribution is 2.26. The summed E-state index contributed by atoms with van der Waals surface area (Å²) in [4.78, 5) is 17.0. The Morgan fingerprint density at radius 3 is 2.71 bits per heavy atom. The quantitative estimate of drug-likeness (QED) is 0.656. The number of rotatable bonds is 7. The van der Waals surface area contributed by atoms with Crippen LogP contribution in [-0.2, 0) is 6.61 Å². The Kier molecular flexibility index (Phi) is 10.8. The molecule has 1 heterocycles. The number of ether oxygens (including phenoxy) is 1. The molecule has 1 aromatic heterocycles. The van der Waals surface area contributed by atoms with Crippen LogP contribution in [0.2, 0.25) is 0 Å². The number of aromatic nitrogens is 1. The van der Waals surface area contributed by atoms with Gasteiger partial charge in [0, 0.05) is 23.5 Å². The van der Waals surface area contributed by atoms with Crippen molar-refractivity contribution in [3.05, 3.63) is 45.9 Å². The highest BCUT2D eigenvalue weighted by molar-refractivity contribution is 7.09. The minimum Gasteiger partial charge on any atom is -0.487 e. The average Bonchev–Trinajstić information content (AvgIpc) is 3.10. The summed E-state index contributed by atoms with van der Waals surface area (Å²) in [5.41, 5.74) is 7.44. The lowest BCUT2D eigenvalue weighted by atomic mass is 9.84. The molecule has 0 aliphatic heterocycles. The SMILES string of the molecule is Cc1nc(COc2cccc(C(=O)NC(CN)C3CCCCC3)c2)cs1.Cl.Cl. The van der Waals surface area contributed by atoms with Crippen molar-refractivity contribution >= 4 is 42.1 Å². The summed E-state index contributed by atoms with van der Waals surface area (Å²) in [5.74, 6) is 1.08. The monoisotopic (exact) mass is 445 g/mol. The molecule has 8 heteroatoms. The van der Waals surface area contributed by atoms with E-state index in [1.165, 1.54) is 19.3 Å². The van der Waals surface area contributed by atoms with Crippen LogP contribution in [0.25, 0.3) is 0 Å². The topological polar surface area (TPSA) is 77.2 Å². The summed E-state index contributed by atoms with van der Waals surface area (Å²) < 4.78 is 5.78. The Bertz CT molecular complexity index is 736. The van der Waals surface area contributed by atoms with E-state index >= 15 is 0 Å². The van der Waals surface area contributed by atoms with Gasteiger partial charge in [-0.2, -0.15) is 0 Å². The van der Waals surface area contributed by atoms with Crippen LogP contribution in [0, 0.1) is 12.8 Å². The summed E-state index contributed by atoms with van der Waals surface area (Å²) in [6.07, 6.45) is 6.06. The summed E-state index contributed by atoms with van der Waals surface area (Å²) in [6, 6.07) is 7.34. The van der Waals surface area contributed by atoms with Crippen LogP contribution >= 0.6 is 36.2 Å². The maximum Gasteiger partial charge on any atom is 0.251 e. The van der Waals surface area contributed by atoms with E-state index in [4.69, 9.17) is 10.5 Å². The normalized spacial score (nSPS) is 15.1.